The van der Waals surface area contributed by atoms with Crippen molar-refractivity contribution in [2.24, 2.45) is 13.0 Å². The van der Waals surface area contributed by atoms with E-state index in [4.69, 9.17) is 9.84 Å². The van der Waals surface area contributed by atoms with Gasteiger partial charge in [0.05, 0.1) is 32.7 Å². The highest BCUT2D eigenvalue weighted by atomic mass is 16.5. The van der Waals surface area contributed by atoms with Crippen molar-refractivity contribution in [3.63, 3.8) is 0 Å². The van der Waals surface area contributed by atoms with Crippen molar-refractivity contribution in [2.45, 2.75) is 19.5 Å². The van der Waals surface area contributed by atoms with Gasteiger partial charge in [0, 0.05) is 6.04 Å². The van der Waals surface area contributed by atoms with Gasteiger partial charge in [-0.15, -0.1) is 10.2 Å². The molecule has 0 radical (unpaired) electrons. The molecule has 1 aliphatic heterocycles. The summed E-state index contributed by atoms with van der Waals surface area (Å²) in [6.07, 6.45) is 0. The number of carbonyl (C=O) groups is 1. The molecule has 100 valence electrons. The molecule has 0 aromatic carbocycles. The highest BCUT2D eigenvalue weighted by molar-refractivity contribution is 5.71. The van der Waals surface area contributed by atoms with E-state index in [2.05, 4.69) is 15.4 Å². The lowest BCUT2D eigenvalue weighted by atomic mass is 10.0. The van der Waals surface area contributed by atoms with Gasteiger partial charge in [0.1, 0.15) is 0 Å². The van der Waals surface area contributed by atoms with E-state index in [9.17, 15) is 4.79 Å². The molecule has 1 aromatic rings. The summed E-state index contributed by atoms with van der Waals surface area (Å²) in [4.78, 5) is 14.5. The van der Waals surface area contributed by atoms with Gasteiger partial charge in [0.15, 0.2) is 5.82 Å². The number of hydrogen-bond donors (Lipinski definition) is 1. The summed E-state index contributed by atoms with van der Waals surface area (Å²) < 4.78 is 5.27. The molecule has 2 heterocycles. The van der Waals surface area contributed by atoms with Crippen LogP contribution in [0.3, 0.4) is 0 Å². The molecule has 0 aliphatic carbocycles. The molecule has 1 aliphatic rings. The molecule has 0 bridgehead atoms. The Morgan fingerprint density at radius 1 is 1.61 bits per heavy atom. The maximum absolute atomic E-state index is 11.1. The van der Waals surface area contributed by atoms with Crippen LogP contribution < -0.4 is 0 Å². The molecule has 8 heteroatoms. The average Bonchev–Trinajstić information content (AvgIpc) is 2.94. The molecule has 1 N–H and O–H groups in total. The van der Waals surface area contributed by atoms with E-state index in [-0.39, 0.29) is 12.6 Å². The predicted molar refractivity (Wildman–Crippen MR) is 60.6 cm³/mol. The van der Waals surface area contributed by atoms with Crippen LogP contribution in [0, 0.1) is 5.92 Å². The maximum atomic E-state index is 11.1. The summed E-state index contributed by atoms with van der Waals surface area (Å²) in [5, 5.41) is 20.9. The lowest BCUT2D eigenvalue weighted by molar-refractivity contribution is -0.143. The quantitative estimate of drug-likeness (QED) is 0.731. The maximum Gasteiger partial charge on any atom is 0.310 e. The third-order valence-corrected chi connectivity index (χ3v) is 3.14. The smallest absolute Gasteiger partial charge is 0.310 e. The molecule has 0 amide bonds. The van der Waals surface area contributed by atoms with Crippen molar-refractivity contribution < 1.29 is 14.6 Å². The number of carboxylic acid groups (broad SMARTS) is 1. The van der Waals surface area contributed by atoms with E-state index in [0.29, 0.717) is 19.0 Å². The predicted octanol–water partition coefficient (Wildman–Crippen LogP) is -0.868. The summed E-state index contributed by atoms with van der Waals surface area (Å²) in [6.45, 7) is 3.89. The molecule has 0 spiro atoms. The molecule has 2 unspecified atom stereocenters. The number of rotatable bonds is 5. The fourth-order valence-electron chi connectivity index (χ4n) is 2.17. The van der Waals surface area contributed by atoms with Gasteiger partial charge in [-0.3, -0.25) is 9.69 Å². The molecule has 1 aromatic heterocycles. The summed E-state index contributed by atoms with van der Waals surface area (Å²) in [7, 11) is 1.70. The number of ether oxygens (including phenoxy) is 1. The second kappa shape index (κ2) is 5.40. The Bertz CT molecular complexity index is 421. The summed E-state index contributed by atoms with van der Waals surface area (Å²) in [6, 6.07) is -0.128. The lowest BCUT2D eigenvalue weighted by Gasteiger charge is -2.27. The number of aromatic nitrogens is 4. The summed E-state index contributed by atoms with van der Waals surface area (Å²) in [5.74, 6) is -0.708. The normalized spacial score (nSPS) is 23.7. The zero-order chi connectivity index (χ0) is 13.1. The monoisotopic (exact) mass is 255 g/mol. The zero-order valence-electron chi connectivity index (χ0n) is 10.5. The van der Waals surface area contributed by atoms with E-state index < -0.39 is 11.9 Å². The van der Waals surface area contributed by atoms with Crippen LogP contribution in [0.2, 0.25) is 0 Å². The van der Waals surface area contributed by atoms with Crippen LogP contribution in [0.1, 0.15) is 12.7 Å². The Kier molecular flexibility index (Phi) is 3.87. The Morgan fingerprint density at radius 2 is 2.39 bits per heavy atom. The van der Waals surface area contributed by atoms with Crippen molar-refractivity contribution in [2.75, 3.05) is 19.8 Å². The highest BCUT2D eigenvalue weighted by Gasteiger charge is 2.37. The van der Waals surface area contributed by atoms with Gasteiger partial charge >= 0.3 is 5.97 Å². The minimum absolute atomic E-state index is 0.128. The number of tetrazole rings is 1. The Morgan fingerprint density at radius 3 is 2.94 bits per heavy atom. The summed E-state index contributed by atoms with van der Waals surface area (Å²) in [5.41, 5.74) is 0. The van der Waals surface area contributed by atoms with Gasteiger partial charge in [0.2, 0.25) is 0 Å². The average molecular weight is 255 g/mol. The number of aliphatic carboxylic acids is 1. The van der Waals surface area contributed by atoms with Crippen LogP contribution >= 0.6 is 0 Å². The van der Waals surface area contributed by atoms with Crippen molar-refractivity contribution in [3.8, 4) is 0 Å². The zero-order valence-corrected chi connectivity index (χ0v) is 10.5. The van der Waals surface area contributed by atoms with Crippen LogP contribution in [0.4, 0.5) is 0 Å². The minimum atomic E-state index is -0.817. The van der Waals surface area contributed by atoms with Gasteiger partial charge in [-0.1, -0.05) is 6.92 Å². The van der Waals surface area contributed by atoms with Gasteiger partial charge in [-0.25, -0.2) is 0 Å². The molecule has 18 heavy (non-hydrogen) atoms. The molecule has 2 atom stereocenters. The van der Waals surface area contributed by atoms with Gasteiger partial charge in [-0.2, -0.15) is 4.80 Å². The molecule has 2 rings (SSSR count). The van der Waals surface area contributed by atoms with E-state index in [0.717, 1.165) is 6.54 Å². The fourth-order valence-corrected chi connectivity index (χ4v) is 2.17. The van der Waals surface area contributed by atoms with Crippen molar-refractivity contribution in [1.82, 2.24) is 25.1 Å². The molecular weight excluding hydrogens is 238 g/mol. The van der Waals surface area contributed by atoms with E-state index in [1.165, 1.54) is 4.80 Å². The molecule has 0 saturated carbocycles. The number of nitrogens with zero attached hydrogens (tertiary/aromatic N) is 5. The van der Waals surface area contributed by atoms with E-state index in [1.54, 1.807) is 7.05 Å². The first-order chi connectivity index (χ1) is 8.61. The minimum Gasteiger partial charge on any atom is -0.481 e. The second-order valence-corrected chi connectivity index (χ2v) is 4.31. The van der Waals surface area contributed by atoms with E-state index >= 15 is 0 Å². The van der Waals surface area contributed by atoms with E-state index in [1.807, 2.05) is 11.8 Å². The second-order valence-electron chi connectivity index (χ2n) is 4.31. The third kappa shape index (κ3) is 2.65. The first-order valence-electron chi connectivity index (χ1n) is 5.89. The lowest BCUT2D eigenvalue weighted by Crippen LogP contribution is -2.42. The van der Waals surface area contributed by atoms with Gasteiger partial charge in [0.25, 0.3) is 0 Å². The van der Waals surface area contributed by atoms with Gasteiger partial charge in [-0.05, 0) is 11.8 Å². The topological polar surface area (TPSA) is 93.4 Å². The van der Waals surface area contributed by atoms with Gasteiger partial charge < -0.3 is 9.84 Å². The highest BCUT2D eigenvalue weighted by Crippen LogP contribution is 2.21. The standard InChI is InChI=1S/C10H17N5O3/c1-3-15(4-9-11-13-14(2)12-9)8-6-18-5-7(8)10(16)17/h7-8H,3-6H2,1-2H3,(H,16,17). The Hall–Kier alpha value is -1.54. The van der Waals surface area contributed by atoms with Crippen molar-refractivity contribution in [1.29, 1.82) is 0 Å². The van der Waals surface area contributed by atoms with Crippen LogP contribution in [0.25, 0.3) is 0 Å². The van der Waals surface area contributed by atoms with Crippen molar-refractivity contribution >= 4 is 5.97 Å². The first-order valence-corrected chi connectivity index (χ1v) is 5.89. The molecule has 1 saturated heterocycles. The number of carboxylic acids is 1. The molecule has 8 nitrogen and oxygen atoms in total. The van der Waals surface area contributed by atoms with Crippen LogP contribution in [0.5, 0.6) is 0 Å². The Labute approximate surface area is 105 Å². The van der Waals surface area contributed by atoms with Crippen LogP contribution in [-0.4, -0.2) is 62.0 Å². The Balaban J connectivity index is 2.06. The van der Waals surface area contributed by atoms with Crippen molar-refractivity contribution in [3.05, 3.63) is 5.82 Å². The number of hydrogen-bond acceptors (Lipinski definition) is 6. The largest absolute Gasteiger partial charge is 0.481 e. The molecule has 1 fully saturated rings. The first kappa shape index (κ1) is 12.9. The SMILES string of the molecule is CCN(Cc1nnn(C)n1)C1COCC1C(=O)O. The molecular formula is C10H17N5O3. The van der Waals surface area contributed by atoms with Crippen LogP contribution in [-0.2, 0) is 23.1 Å². The number of aryl methyl sites for hydroxylation is 1. The number of likely N-dealkylation sites (N-methyl/N-ethyl adjacent to an activating group) is 1. The fraction of sp³-hybridized carbons (Fsp3) is 0.800. The summed E-state index contributed by atoms with van der Waals surface area (Å²) >= 11 is 0. The third-order valence-electron chi connectivity index (χ3n) is 3.14. The van der Waals surface area contributed by atoms with Crippen LogP contribution in [0.15, 0.2) is 0 Å².